The van der Waals surface area contributed by atoms with Crippen molar-refractivity contribution in [2.45, 2.75) is 43.5 Å². The van der Waals surface area contributed by atoms with E-state index in [4.69, 9.17) is 14.2 Å². The fourth-order valence-corrected chi connectivity index (χ4v) is 5.35. The third-order valence-corrected chi connectivity index (χ3v) is 7.44. The molecule has 9 heteroatoms. The van der Waals surface area contributed by atoms with Gasteiger partial charge in [0.15, 0.2) is 11.5 Å². The van der Waals surface area contributed by atoms with Gasteiger partial charge in [-0.3, -0.25) is 4.79 Å². The number of methoxy groups -OCH3 is 2. The second kappa shape index (κ2) is 11.4. The minimum atomic E-state index is -3.53. The van der Waals surface area contributed by atoms with Crippen LogP contribution in [0.25, 0.3) is 0 Å². The maximum absolute atomic E-state index is 12.9. The lowest BCUT2D eigenvalue weighted by Gasteiger charge is -2.18. The Balaban J connectivity index is 1.57. The van der Waals surface area contributed by atoms with Gasteiger partial charge in [-0.25, -0.2) is 8.42 Å². The van der Waals surface area contributed by atoms with E-state index in [1.807, 2.05) is 31.2 Å². The summed E-state index contributed by atoms with van der Waals surface area (Å²) in [5.74, 6) is 1.66. The molecule has 2 aromatic carbocycles. The smallest absolute Gasteiger partial charge is 0.243 e. The SMILES string of the molecule is COc1ccc(S(=O)(=O)N2CCCC2)cc1CCC(=O)NC(C)COc1ccccc1OC. The Morgan fingerprint density at radius 2 is 1.70 bits per heavy atom. The van der Waals surface area contributed by atoms with Crippen molar-refractivity contribution in [1.29, 1.82) is 0 Å². The monoisotopic (exact) mass is 476 g/mol. The van der Waals surface area contributed by atoms with Gasteiger partial charge >= 0.3 is 0 Å². The van der Waals surface area contributed by atoms with E-state index in [2.05, 4.69) is 5.32 Å². The summed E-state index contributed by atoms with van der Waals surface area (Å²) < 4.78 is 43.7. The van der Waals surface area contributed by atoms with E-state index in [9.17, 15) is 13.2 Å². The Hall–Kier alpha value is -2.78. The van der Waals surface area contributed by atoms with Crippen molar-refractivity contribution in [2.24, 2.45) is 0 Å². The molecule has 0 spiro atoms. The number of rotatable bonds is 11. The molecule has 0 bridgehead atoms. The number of para-hydroxylation sites is 2. The number of amides is 1. The van der Waals surface area contributed by atoms with Gasteiger partial charge in [-0.2, -0.15) is 4.31 Å². The van der Waals surface area contributed by atoms with Crippen LogP contribution < -0.4 is 19.5 Å². The van der Waals surface area contributed by atoms with Gasteiger partial charge in [-0.1, -0.05) is 12.1 Å². The van der Waals surface area contributed by atoms with Crippen LogP contribution in [0.4, 0.5) is 0 Å². The lowest BCUT2D eigenvalue weighted by molar-refractivity contribution is -0.121. The van der Waals surface area contributed by atoms with Gasteiger partial charge < -0.3 is 19.5 Å². The molecule has 1 fully saturated rings. The van der Waals surface area contributed by atoms with Crippen LogP contribution in [-0.4, -0.2) is 58.6 Å². The number of hydrogen-bond donors (Lipinski definition) is 1. The summed E-state index contributed by atoms with van der Waals surface area (Å²) >= 11 is 0. The zero-order valence-electron chi connectivity index (χ0n) is 19.4. The second-order valence-electron chi connectivity index (χ2n) is 8.02. The molecule has 1 N–H and O–H groups in total. The standard InChI is InChI=1S/C24H32N2O6S/c1-18(17-32-23-9-5-4-8-22(23)31-3)25-24(27)13-10-19-16-20(11-12-21(19)30-2)33(28,29)26-14-6-7-15-26/h4-5,8-9,11-12,16,18H,6-7,10,13-15,17H2,1-3H3,(H,25,27). The van der Waals surface area contributed by atoms with Crippen molar-refractivity contribution in [1.82, 2.24) is 9.62 Å². The van der Waals surface area contributed by atoms with Gasteiger partial charge in [0.05, 0.1) is 25.2 Å². The van der Waals surface area contributed by atoms with Crippen LogP contribution in [-0.2, 0) is 21.2 Å². The van der Waals surface area contributed by atoms with E-state index >= 15 is 0 Å². The summed E-state index contributed by atoms with van der Waals surface area (Å²) in [4.78, 5) is 12.7. The first-order valence-corrected chi connectivity index (χ1v) is 12.5. The van der Waals surface area contributed by atoms with Crippen LogP contribution in [0.5, 0.6) is 17.2 Å². The van der Waals surface area contributed by atoms with E-state index in [-0.39, 0.29) is 23.3 Å². The zero-order chi connectivity index (χ0) is 23.8. The number of sulfonamides is 1. The molecule has 1 heterocycles. The molecule has 0 radical (unpaired) electrons. The van der Waals surface area contributed by atoms with Gasteiger partial charge in [0, 0.05) is 19.5 Å². The third-order valence-electron chi connectivity index (χ3n) is 5.54. The highest BCUT2D eigenvalue weighted by atomic mass is 32.2. The molecule has 2 aromatic rings. The van der Waals surface area contributed by atoms with Crippen molar-refractivity contribution in [3.8, 4) is 17.2 Å². The largest absolute Gasteiger partial charge is 0.496 e. The maximum Gasteiger partial charge on any atom is 0.243 e. The van der Waals surface area contributed by atoms with Gasteiger partial charge in [-0.05, 0) is 62.1 Å². The molecule has 1 aliphatic rings. The van der Waals surface area contributed by atoms with E-state index < -0.39 is 10.0 Å². The average Bonchev–Trinajstić information content (AvgIpc) is 3.37. The summed E-state index contributed by atoms with van der Waals surface area (Å²) in [5, 5.41) is 2.91. The Bertz CT molecular complexity index is 1050. The van der Waals surface area contributed by atoms with Crippen molar-refractivity contribution < 1.29 is 27.4 Å². The molecule has 0 saturated carbocycles. The van der Waals surface area contributed by atoms with Crippen LogP contribution in [0.1, 0.15) is 31.7 Å². The quantitative estimate of drug-likeness (QED) is 0.536. The average molecular weight is 477 g/mol. The summed E-state index contributed by atoms with van der Waals surface area (Å²) in [6.45, 7) is 3.23. The highest BCUT2D eigenvalue weighted by Crippen LogP contribution is 2.28. The number of carbonyl (C=O) groups is 1. The first-order chi connectivity index (χ1) is 15.8. The molecule has 1 amide bonds. The molecule has 1 aliphatic heterocycles. The van der Waals surface area contributed by atoms with Crippen LogP contribution in [0.3, 0.4) is 0 Å². The highest BCUT2D eigenvalue weighted by molar-refractivity contribution is 7.89. The summed E-state index contributed by atoms with van der Waals surface area (Å²) in [5.41, 5.74) is 0.686. The van der Waals surface area contributed by atoms with Crippen LogP contribution in [0.15, 0.2) is 47.4 Å². The molecule has 1 atom stereocenters. The number of aryl methyl sites for hydroxylation is 1. The van der Waals surface area contributed by atoms with Crippen molar-refractivity contribution in [3.63, 3.8) is 0 Å². The number of ether oxygens (including phenoxy) is 3. The fourth-order valence-electron chi connectivity index (χ4n) is 3.78. The molecule has 8 nitrogen and oxygen atoms in total. The molecule has 0 aromatic heterocycles. The van der Waals surface area contributed by atoms with Gasteiger partial charge in [0.25, 0.3) is 0 Å². The summed E-state index contributed by atoms with van der Waals surface area (Å²) in [7, 11) is -0.424. The van der Waals surface area contributed by atoms with Gasteiger partial charge in [0.1, 0.15) is 12.4 Å². The Labute approximate surface area is 195 Å². The predicted octanol–water partition coefficient (Wildman–Crippen LogP) is 3.00. The molecule has 3 rings (SSSR count). The fraction of sp³-hybridized carbons (Fsp3) is 0.458. The molecule has 33 heavy (non-hydrogen) atoms. The van der Waals surface area contributed by atoms with Gasteiger partial charge in [0.2, 0.25) is 15.9 Å². The number of benzene rings is 2. The highest BCUT2D eigenvalue weighted by Gasteiger charge is 2.27. The Kier molecular flexibility index (Phi) is 8.57. The van der Waals surface area contributed by atoms with Crippen molar-refractivity contribution in [2.75, 3.05) is 33.9 Å². The lowest BCUT2D eigenvalue weighted by atomic mass is 10.1. The number of nitrogens with one attached hydrogen (secondary N) is 1. The van der Waals surface area contributed by atoms with Crippen LogP contribution >= 0.6 is 0 Å². The topological polar surface area (TPSA) is 94.2 Å². The minimum absolute atomic E-state index is 0.152. The van der Waals surface area contributed by atoms with E-state index in [0.717, 1.165) is 12.8 Å². The van der Waals surface area contributed by atoms with E-state index in [1.54, 1.807) is 25.3 Å². The summed E-state index contributed by atoms with van der Waals surface area (Å²) in [6.07, 6.45) is 2.31. The number of carbonyl (C=O) groups excluding carboxylic acids is 1. The minimum Gasteiger partial charge on any atom is -0.496 e. The van der Waals surface area contributed by atoms with Crippen LogP contribution in [0.2, 0.25) is 0 Å². The van der Waals surface area contributed by atoms with Crippen molar-refractivity contribution >= 4 is 15.9 Å². The van der Waals surface area contributed by atoms with E-state index in [0.29, 0.717) is 48.9 Å². The maximum atomic E-state index is 12.9. The number of nitrogens with zero attached hydrogens (tertiary/aromatic N) is 1. The molecule has 1 saturated heterocycles. The summed E-state index contributed by atoms with van der Waals surface area (Å²) in [6, 6.07) is 11.9. The number of hydrogen-bond acceptors (Lipinski definition) is 6. The lowest BCUT2D eigenvalue weighted by Crippen LogP contribution is -2.36. The predicted molar refractivity (Wildman–Crippen MR) is 125 cm³/mol. The normalized spacial score (nSPS) is 15.1. The molecule has 180 valence electrons. The van der Waals surface area contributed by atoms with Gasteiger partial charge in [-0.15, -0.1) is 0 Å². The van der Waals surface area contributed by atoms with Crippen LogP contribution in [0, 0.1) is 0 Å². The zero-order valence-corrected chi connectivity index (χ0v) is 20.2. The van der Waals surface area contributed by atoms with Crippen molar-refractivity contribution in [3.05, 3.63) is 48.0 Å². The Morgan fingerprint density at radius 1 is 1.03 bits per heavy atom. The first kappa shape index (κ1) is 24.9. The molecule has 0 aliphatic carbocycles. The third kappa shape index (κ3) is 6.39. The first-order valence-electron chi connectivity index (χ1n) is 11.1. The van der Waals surface area contributed by atoms with E-state index in [1.165, 1.54) is 11.4 Å². The molecular weight excluding hydrogens is 444 g/mol. The molecular formula is C24H32N2O6S. The molecule has 1 unspecified atom stereocenters. The Morgan fingerprint density at radius 3 is 2.36 bits per heavy atom. The second-order valence-corrected chi connectivity index (χ2v) is 9.95.